The molecule has 2 bridgehead atoms. The zero-order valence-electron chi connectivity index (χ0n) is 15.4. The van der Waals surface area contributed by atoms with E-state index in [2.05, 4.69) is 0 Å². The van der Waals surface area contributed by atoms with Crippen molar-refractivity contribution >= 4 is 23.0 Å². The van der Waals surface area contributed by atoms with Crippen LogP contribution in [-0.2, 0) is 16.0 Å². The molecule has 0 aromatic heterocycles. The van der Waals surface area contributed by atoms with Crippen LogP contribution in [0.3, 0.4) is 0 Å². The van der Waals surface area contributed by atoms with Gasteiger partial charge >= 0.3 is 0 Å². The van der Waals surface area contributed by atoms with Crippen LogP contribution in [0, 0.1) is 17.7 Å². The maximum atomic E-state index is 13.9. The molecule has 3 nitrogen and oxygen atoms in total. The fourth-order valence-electron chi connectivity index (χ4n) is 5.06. The molecule has 2 fully saturated rings. The molecule has 2 saturated heterocycles. The Hall–Kier alpha value is -2.17. The standard InChI is InChI=1S/C23H20ClFO3/c1-2-11-3-4-12(13-5-6-15(24)16(25)10-13)9-14(11)19-22(26)20-17-7-8-18(28-17)21(20)23(19)27/h3-6,9-10,17-18,20-21,26H,2,7-8H2,1H3/t17?,18?,20-,21+/m1/s1. The normalized spacial score (nSPS) is 28.3. The van der Waals surface area contributed by atoms with Crippen molar-refractivity contribution in [2.75, 3.05) is 0 Å². The summed E-state index contributed by atoms with van der Waals surface area (Å²) in [4.78, 5) is 13.2. The Bertz CT molecular complexity index is 1030. The number of hydrogen-bond donors (Lipinski definition) is 1. The van der Waals surface area contributed by atoms with E-state index in [0.29, 0.717) is 11.1 Å². The highest BCUT2D eigenvalue weighted by Crippen LogP contribution is 2.54. The fraction of sp³-hybridized carbons (Fsp3) is 0.348. The van der Waals surface area contributed by atoms with Gasteiger partial charge in [0.2, 0.25) is 0 Å². The van der Waals surface area contributed by atoms with Gasteiger partial charge in [0.15, 0.2) is 5.78 Å². The summed E-state index contributed by atoms with van der Waals surface area (Å²) in [6, 6.07) is 10.4. The number of ketones is 1. The lowest BCUT2D eigenvalue weighted by Crippen LogP contribution is -2.29. The minimum Gasteiger partial charge on any atom is -0.511 e. The van der Waals surface area contributed by atoms with Gasteiger partial charge in [-0.25, -0.2) is 4.39 Å². The molecule has 0 radical (unpaired) electrons. The summed E-state index contributed by atoms with van der Waals surface area (Å²) in [7, 11) is 0. The lowest BCUT2D eigenvalue weighted by Gasteiger charge is -2.19. The highest BCUT2D eigenvalue weighted by Gasteiger charge is 2.59. The molecule has 28 heavy (non-hydrogen) atoms. The maximum absolute atomic E-state index is 13.9. The van der Waals surface area contributed by atoms with Gasteiger partial charge in [-0.1, -0.05) is 36.7 Å². The second-order valence-corrected chi connectivity index (χ2v) is 8.23. The largest absolute Gasteiger partial charge is 0.511 e. The molecule has 5 heteroatoms. The van der Waals surface area contributed by atoms with Crippen molar-refractivity contribution in [3.8, 4) is 11.1 Å². The zero-order valence-corrected chi connectivity index (χ0v) is 16.2. The first-order valence-corrected chi connectivity index (χ1v) is 10.1. The molecule has 5 rings (SSSR count). The highest BCUT2D eigenvalue weighted by atomic mass is 35.5. The predicted molar refractivity (Wildman–Crippen MR) is 106 cm³/mol. The smallest absolute Gasteiger partial charge is 0.173 e. The first kappa shape index (κ1) is 17.9. The van der Waals surface area contributed by atoms with Crippen LogP contribution in [0.15, 0.2) is 42.2 Å². The van der Waals surface area contributed by atoms with Gasteiger partial charge in [-0.3, -0.25) is 4.79 Å². The highest BCUT2D eigenvalue weighted by molar-refractivity contribution is 6.30. The van der Waals surface area contributed by atoms with E-state index in [0.717, 1.165) is 36.0 Å². The molecule has 2 aromatic carbocycles. The molecule has 0 amide bonds. The SMILES string of the molecule is CCc1ccc(-c2ccc(Cl)c(F)c2)cc1C1=C(O)[C@@H]2C3CCC(O3)[C@@H]2C1=O. The summed E-state index contributed by atoms with van der Waals surface area (Å²) >= 11 is 5.80. The van der Waals surface area contributed by atoms with E-state index in [-0.39, 0.29) is 40.6 Å². The molecule has 1 N–H and O–H groups in total. The van der Waals surface area contributed by atoms with Crippen LogP contribution in [-0.4, -0.2) is 23.1 Å². The quantitative estimate of drug-likeness (QED) is 0.757. The third-order valence-electron chi connectivity index (χ3n) is 6.41. The molecule has 0 saturated carbocycles. The van der Waals surface area contributed by atoms with Gasteiger partial charge in [0, 0.05) is 0 Å². The topological polar surface area (TPSA) is 46.5 Å². The van der Waals surface area contributed by atoms with Crippen LogP contribution in [0.25, 0.3) is 16.7 Å². The van der Waals surface area contributed by atoms with Gasteiger partial charge in [0.1, 0.15) is 11.6 Å². The summed E-state index contributed by atoms with van der Waals surface area (Å²) in [5.74, 6) is -0.833. The van der Waals surface area contributed by atoms with Gasteiger partial charge in [-0.15, -0.1) is 0 Å². The van der Waals surface area contributed by atoms with E-state index in [1.807, 2.05) is 25.1 Å². The number of aryl methyl sites for hydroxylation is 1. The van der Waals surface area contributed by atoms with Crippen LogP contribution in [0.1, 0.15) is 30.9 Å². The van der Waals surface area contributed by atoms with Gasteiger partial charge in [-0.05, 0) is 59.7 Å². The molecule has 3 aliphatic rings. The Morgan fingerprint density at radius 1 is 1.11 bits per heavy atom. The molecule has 144 valence electrons. The summed E-state index contributed by atoms with van der Waals surface area (Å²) in [6.07, 6.45) is 2.35. The van der Waals surface area contributed by atoms with Crippen LogP contribution < -0.4 is 0 Å². The number of fused-ring (bicyclic) bond motifs is 5. The number of hydrogen-bond acceptors (Lipinski definition) is 3. The Kier molecular flexibility index (Phi) is 4.11. The maximum Gasteiger partial charge on any atom is 0.173 e. The molecule has 0 spiro atoms. The van der Waals surface area contributed by atoms with Gasteiger partial charge < -0.3 is 9.84 Å². The van der Waals surface area contributed by atoms with E-state index < -0.39 is 5.82 Å². The monoisotopic (exact) mass is 398 g/mol. The fourth-order valence-corrected chi connectivity index (χ4v) is 5.18. The Morgan fingerprint density at radius 2 is 1.79 bits per heavy atom. The van der Waals surface area contributed by atoms with Gasteiger partial charge in [0.05, 0.1) is 34.6 Å². The zero-order chi connectivity index (χ0) is 19.6. The molecule has 4 atom stereocenters. The lowest BCUT2D eigenvalue weighted by atomic mass is 9.80. The third kappa shape index (κ3) is 2.48. The molecule has 1 aliphatic carbocycles. The van der Waals surface area contributed by atoms with Crippen molar-refractivity contribution in [2.24, 2.45) is 11.8 Å². The van der Waals surface area contributed by atoms with Crippen molar-refractivity contribution in [1.29, 1.82) is 0 Å². The Morgan fingerprint density at radius 3 is 2.46 bits per heavy atom. The molecule has 2 aromatic rings. The predicted octanol–water partition coefficient (Wildman–Crippen LogP) is 5.35. The number of rotatable bonds is 3. The number of Topliss-reactive ketones (excluding diaryl/α,β-unsaturated/α-hetero) is 1. The summed E-state index contributed by atoms with van der Waals surface area (Å²) in [5.41, 5.74) is 3.61. The number of carbonyl (C=O) groups is 1. The van der Waals surface area contributed by atoms with E-state index in [4.69, 9.17) is 16.3 Å². The Labute approximate surface area is 167 Å². The van der Waals surface area contributed by atoms with E-state index in [1.54, 1.807) is 6.07 Å². The van der Waals surface area contributed by atoms with E-state index in [9.17, 15) is 14.3 Å². The average molecular weight is 399 g/mol. The van der Waals surface area contributed by atoms with Crippen LogP contribution >= 0.6 is 11.6 Å². The number of aliphatic hydroxyl groups is 1. The first-order valence-electron chi connectivity index (χ1n) is 9.71. The van der Waals surface area contributed by atoms with E-state index >= 15 is 0 Å². The van der Waals surface area contributed by atoms with Crippen molar-refractivity contribution in [3.05, 3.63) is 64.1 Å². The second kappa shape index (κ2) is 6.43. The Balaban J connectivity index is 1.63. The molecule has 2 unspecified atom stereocenters. The molecular weight excluding hydrogens is 379 g/mol. The van der Waals surface area contributed by atoms with Crippen molar-refractivity contribution in [1.82, 2.24) is 0 Å². The van der Waals surface area contributed by atoms with Gasteiger partial charge in [0.25, 0.3) is 0 Å². The first-order chi connectivity index (χ1) is 13.5. The average Bonchev–Trinajstić information content (AvgIpc) is 3.37. The number of halogens is 2. The minimum absolute atomic E-state index is 0.0242. The van der Waals surface area contributed by atoms with Crippen molar-refractivity contribution in [3.63, 3.8) is 0 Å². The summed E-state index contributed by atoms with van der Waals surface area (Å²) < 4.78 is 19.8. The second-order valence-electron chi connectivity index (χ2n) is 7.82. The van der Waals surface area contributed by atoms with Gasteiger partial charge in [-0.2, -0.15) is 0 Å². The number of ether oxygens (including phenoxy) is 1. The molecular formula is C23H20ClFO3. The lowest BCUT2D eigenvalue weighted by molar-refractivity contribution is -0.118. The number of carbonyl (C=O) groups excluding carboxylic acids is 1. The van der Waals surface area contributed by atoms with Crippen molar-refractivity contribution < 1.29 is 19.0 Å². The number of aliphatic hydroxyl groups excluding tert-OH is 1. The van der Waals surface area contributed by atoms with E-state index in [1.165, 1.54) is 12.1 Å². The number of benzene rings is 2. The summed E-state index contributed by atoms with van der Waals surface area (Å²) in [5, 5.41) is 11.0. The van der Waals surface area contributed by atoms with Crippen LogP contribution in [0.5, 0.6) is 0 Å². The summed E-state index contributed by atoms with van der Waals surface area (Å²) in [6.45, 7) is 2.02. The van der Waals surface area contributed by atoms with Crippen molar-refractivity contribution in [2.45, 2.75) is 38.4 Å². The molecule has 2 heterocycles. The van der Waals surface area contributed by atoms with Crippen LogP contribution in [0.4, 0.5) is 4.39 Å². The van der Waals surface area contributed by atoms with Crippen LogP contribution in [0.2, 0.25) is 5.02 Å². The minimum atomic E-state index is -0.484. The number of allylic oxidation sites excluding steroid dienone is 1. The molecule has 2 aliphatic heterocycles. The third-order valence-corrected chi connectivity index (χ3v) is 6.71.